The largest absolute Gasteiger partial charge is 0.493 e. The van der Waals surface area contributed by atoms with Gasteiger partial charge in [-0.25, -0.2) is 0 Å². The molecule has 0 spiro atoms. The lowest BCUT2D eigenvalue weighted by molar-refractivity contribution is -0.122. The molecule has 1 amide bonds. The zero-order chi connectivity index (χ0) is 14.9. The van der Waals surface area contributed by atoms with Gasteiger partial charge < -0.3 is 20.1 Å². The summed E-state index contributed by atoms with van der Waals surface area (Å²) in [5.74, 6) is 0.913. The van der Waals surface area contributed by atoms with Gasteiger partial charge >= 0.3 is 0 Å². The van der Waals surface area contributed by atoms with E-state index in [1.165, 1.54) is 0 Å². The molecule has 1 aromatic carbocycles. The first-order chi connectivity index (χ1) is 10.3. The molecule has 1 saturated heterocycles. The Morgan fingerprint density at radius 3 is 3.10 bits per heavy atom. The van der Waals surface area contributed by atoms with Crippen molar-refractivity contribution in [3.8, 4) is 5.75 Å². The van der Waals surface area contributed by atoms with Crippen LogP contribution in [0.25, 0.3) is 0 Å². The standard InChI is InChI=1S/C16H24N2O3/c1-20-9-4-10-21-14-6-2-5-13(11-14)12-18-16(19)15-7-3-8-17-15/h2,5-6,11,15,17H,3-4,7-10,12H2,1H3,(H,18,19). The molecule has 2 N–H and O–H groups in total. The van der Waals surface area contributed by atoms with E-state index in [-0.39, 0.29) is 11.9 Å². The quantitative estimate of drug-likeness (QED) is 0.712. The van der Waals surface area contributed by atoms with Crippen LogP contribution in [0.4, 0.5) is 0 Å². The molecule has 1 aliphatic heterocycles. The SMILES string of the molecule is COCCCOc1cccc(CNC(=O)C2CCCN2)c1. The normalized spacial score (nSPS) is 17.7. The van der Waals surface area contributed by atoms with Crippen LogP contribution in [0.1, 0.15) is 24.8 Å². The van der Waals surface area contributed by atoms with E-state index in [9.17, 15) is 4.79 Å². The number of rotatable bonds is 8. The van der Waals surface area contributed by atoms with Crippen molar-refractivity contribution in [2.24, 2.45) is 0 Å². The van der Waals surface area contributed by atoms with E-state index in [2.05, 4.69) is 10.6 Å². The van der Waals surface area contributed by atoms with Gasteiger partial charge in [-0.15, -0.1) is 0 Å². The Morgan fingerprint density at radius 2 is 2.33 bits per heavy atom. The molecule has 5 heteroatoms. The van der Waals surface area contributed by atoms with Crippen LogP contribution in [0, 0.1) is 0 Å². The van der Waals surface area contributed by atoms with E-state index in [1.807, 2.05) is 24.3 Å². The Bertz CT molecular complexity index is 445. The number of benzene rings is 1. The Labute approximate surface area is 126 Å². The number of hydrogen-bond donors (Lipinski definition) is 2. The molecular formula is C16H24N2O3. The first-order valence-corrected chi connectivity index (χ1v) is 7.51. The molecule has 0 saturated carbocycles. The Hall–Kier alpha value is -1.59. The van der Waals surface area contributed by atoms with Crippen LogP contribution in [-0.2, 0) is 16.1 Å². The van der Waals surface area contributed by atoms with E-state index in [0.717, 1.165) is 37.1 Å². The van der Waals surface area contributed by atoms with Gasteiger partial charge in [-0.05, 0) is 37.1 Å². The summed E-state index contributed by atoms with van der Waals surface area (Å²) in [6.45, 7) is 2.80. The molecule has 0 aromatic heterocycles. The highest BCUT2D eigenvalue weighted by molar-refractivity contribution is 5.81. The van der Waals surface area contributed by atoms with Gasteiger partial charge in [0.05, 0.1) is 12.6 Å². The summed E-state index contributed by atoms with van der Waals surface area (Å²) < 4.78 is 10.6. The van der Waals surface area contributed by atoms with Crippen molar-refractivity contribution < 1.29 is 14.3 Å². The van der Waals surface area contributed by atoms with Crippen molar-refractivity contribution >= 4 is 5.91 Å². The van der Waals surface area contributed by atoms with E-state index < -0.39 is 0 Å². The summed E-state index contributed by atoms with van der Waals surface area (Å²) in [5.41, 5.74) is 1.05. The second kappa shape index (κ2) is 8.64. The molecule has 0 radical (unpaired) electrons. The minimum absolute atomic E-state index is 0.0292. The number of ether oxygens (including phenoxy) is 2. The van der Waals surface area contributed by atoms with Crippen LogP contribution in [-0.4, -0.2) is 38.8 Å². The van der Waals surface area contributed by atoms with Gasteiger partial charge in [0, 0.05) is 26.7 Å². The molecule has 1 heterocycles. The van der Waals surface area contributed by atoms with Crippen LogP contribution in [0.3, 0.4) is 0 Å². The minimum Gasteiger partial charge on any atom is -0.493 e. The van der Waals surface area contributed by atoms with E-state index in [4.69, 9.17) is 9.47 Å². The molecular weight excluding hydrogens is 268 g/mol. The van der Waals surface area contributed by atoms with Crippen molar-refractivity contribution in [1.29, 1.82) is 0 Å². The predicted molar refractivity (Wildman–Crippen MR) is 81.3 cm³/mol. The third-order valence-electron chi connectivity index (χ3n) is 3.50. The summed E-state index contributed by atoms with van der Waals surface area (Å²) in [5, 5.41) is 6.16. The highest BCUT2D eigenvalue weighted by Gasteiger charge is 2.21. The molecule has 1 aromatic rings. The zero-order valence-corrected chi connectivity index (χ0v) is 12.6. The Kier molecular flexibility index (Phi) is 6.50. The fraction of sp³-hybridized carbons (Fsp3) is 0.562. The van der Waals surface area contributed by atoms with Gasteiger partial charge in [0.25, 0.3) is 0 Å². The minimum atomic E-state index is -0.0292. The second-order valence-corrected chi connectivity index (χ2v) is 5.21. The lowest BCUT2D eigenvalue weighted by Crippen LogP contribution is -2.39. The maximum absolute atomic E-state index is 11.9. The average molecular weight is 292 g/mol. The van der Waals surface area contributed by atoms with Crippen LogP contribution in [0.15, 0.2) is 24.3 Å². The number of hydrogen-bond acceptors (Lipinski definition) is 4. The Morgan fingerprint density at radius 1 is 1.43 bits per heavy atom. The molecule has 5 nitrogen and oxygen atoms in total. The number of nitrogens with one attached hydrogen (secondary N) is 2. The van der Waals surface area contributed by atoms with Crippen molar-refractivity contribution in [3.63, 3.8) is 0 Å². The van der Waals surface area contributed by atoms with Crippen LogP contribution >= 0.6 is 0 Å². The van der Waals surface area contributed by atoms with Crippen LogP contribution in [0.5, 0.6) is 5.75 Å². The number of carbonyl (C=O) groups is 1. The second-order valence-electron chi connectivity index (χ2n) is 5.21. The lowest BCUT2D eigenvalue weighted by Gasteiger charge is -2.12. The smallest absolute Gasteiger partial charge is 0.237 e. The summed E-state index contributed by atoms with van der Waals surface area (Å²) in [6.07, 6.45) is 2.86. The maximum Gasteiger partial charge on any atom is 0.237 e. The fourth-order valence-electron chi connectivity index (χ4n) is 2.36. The van der Waals surface area contributed by atoms with E-state index >= 15 is 0 Å². The summed E-state index contributed by atoms with van der Waals surface area (Å²) in [7, 11) is 1.68. The van der Waals surface area contributed by atoms with Crippen molar-refractivity contribution in [2.45, 2.75) is 31.8 Å². The van der Waals surface area contributed by atoms with Crippen LogP contribution < -0.4 is 15.4 Å². The molecule has 0 aliphatic carbocycles. The summed E-state index contributed by atoms with van der Waals surface area (Å²) in [4.78, 5) is 11.9. The van der Waals surface area contributed by atoms with Gasteiger partial charge in [-0.2, -0.15) is 0 Å². The molecule has 116 valence electrons. The predicted octanol–water partition coefficient (Wildman–Crippen LogP) is 1.47. The summed E-state index contributed by atoms with van der Waals surface area (Å²) in [6, 6.07) is 7.80. The molecule has 1 aliphatic rings. The third-order valence-corrected chi connectivity index (χ3v) is 3.50. The van der Waals surface area contributed by atoms with Crippen molar-refractivity contribution in [2.75, 3.05) is 26.9 Å². The van der Waals surface area contributed by atoms with Gasteiger partial charge in [-0.1, -0.05) is 12.1 Å². The maximum atomic E-state index is 11.9. The molecule has 2 rings (SSSR count). The lowest BCUT2D eigenvalue weighted by atomic mass is 10.2. The average Bonchev–Trinajstić information content (AvgIpc) is 3.04. The third kappa shape index (κ3) is 5.36. The van der Waals surface area contributed by atoms with Gasteiger partial charge in [0.1, 0.15) is 5.75 Å². The van der Waals surface area contributed by atoms with E-state index in [1.54, 1.807) is 7.11 Å². The zero-order valence-electron chi connectivity index (χ0n) is 12.6. The molecule has 1 unspecified atom stereocenters. The summed E-state index contributed by atoms with van der Waals surface area (Å²) >= 11 is 0. The fourth-order valence-corrected chi connectivity index (χ4v) is 2.36. The number of methoxy groups -OCH3 is 1. The number of carbonyl (C=O) groups excluding carboxylic acids is 1. The molecule has 1 fully saturated rings. The molecule has 1 atom stereocenters. The van der Waals surface area contributed by atoms with Crippen LogP contribution in [0.2, 0.25) is 0 Å². The number of amides is 1. The first-order valence-electron chi connectivity index (χ1n) is 7.51. The highest BCUT2D eigenvalue weighted by Crippen LogP contribution is 2.14. The molecule has 21 heavy (non-hydrogen) atoms. The highest BCUT2D eigenvalue weighted by atomic mass is 16.5. The van der Waals surface area contributed by atoms with Crippen molar-refractivity contribution in [3.05, 3.63) is 29.8 Å². The van der Waals surface area contributed by atoms with Gasteiger partial charge in [0.2, 0.25) is 5.91 Å². The van der Waals surface area contributed by atoms with E-state index in [0.29, 0.717) is 19.8 Å². The topological polar surface area (TPSA) is 59.6 Å². The first kappa shape index (κ1) is 15.8. The monoisotopic (exact) mass is 292 g/mol. The molecule has 0 bridgehead atoms. The Balaban J connectivity index is 1.76. The van der Waals surface area contributed by atoms with Gasteiger partial charge in [0.15, 0.2) is 0 Å². The van der Waals surface area contributed by atoms with Crippen molar-refractivity contribution in [1.82, 2.24) is 10.6 Å². The van der Waals surface area contributed by atoms with Gasteiger partial charge in [-0.3, -0.25) is 4.79 Å².